The predicted molar refractivity (Wildman–Crippen MR) is 57.5 cm³/mol. The number of hydrogen-bond donors (Lipinski definition) is 2. The molecule has 86 valence electrons. The maximum absolute atomic E-state index is 12.9. The highest BCUT2D eigenvalue weighted by molar-refractivity contribution is 5.94. The molecule has 0 aromatic heterocycles. The van der Waals surface area contributed by atoms with E-state index in [9.17, 15) is 14.3 Å². The van der Waals surface area contributed by atoms with Crippen molar-refractivity contribution in [3.63, 3.8) is 0 Å². The standard InChI is InChI=1S/C12H14FNO2/c13-9-4-1-3-8(7-9)12(16)14-10-5-2-6-11(10)15/h1,3-4,7,10-11,15H,2,5-6H2,(H,14,16)/t10-,11+/m0/s1. The molecule has 0 aliphatic heterocycles. The average molecular weight is 223 g/mol. The third-order valence-corrected chi connectivity index (χ3v) is 2.88. The van der Waals surface area contributed by atoms with Crippen LogP contribution in [0, 0.1) is 5.82 Å². The highest BCUT2D eigenvalue weighted by Crippen LogP contribution is 2.19. The Hall–Kier alpha value is -1.42. The van der Waals surface area contributed by atoms with Gasteiger partial charge in [-0.3, -0.25) is 4.79 Å². The first-order chi connectivity index (χ1) is 7.66. The highest BCUT2D eigenvalue weighted by atomic mass is 19.1. The number of aliphatic hydroxyl groups is 1. The summed E-state index contributed by atoms with van der Waals surface area (Å²) in [6, 6.07) is 5.34. The maximum atomic E-state index is 12.9. The average Bonchev–Trinajstić information content (AvgIpc) is 2.64. The van der Waals surface area contributed by atoms with Gasteiger partial charge in [-0.2, -0.15) is 0 Å². The molecule has 0 spiro atoms. The van der Waals surface area contributed by atoms with Gasteiger partial charge in [-0.1, -0.05) is 6.07 Å². The van der Waals surface area contributed by atoms with Crippen molar-refractivity contribution in [3.8, 4) is 0 Å². The monoisotopic (exact) mass is 223 g/mol. The molecule has 1 fully saturated rings. The van der Waals surface area contributed by atoms with Crippen molar-refractivity contribution in [2.45, 2.75) is 31.4 Å². The van der Waals surface area contributed by atoms with Gasteiger partial charge in [0.05, 0.1) is 12.1 Å². The molecule has 4 heteroatoms. The molecule has 1 saturated carbocycles. The lowest BCUT2D eigenvalue weighted by Gasteiger charge is -2.16. The number of amides is 1. The second-order valence-corrected chi connectivity index (χ2v) is 4.09. The van der Waals surface area contributed by atoms with Gasteiger partial charge in [0.25, 0.3) is 5.91 Å². The number of carbonyl (C=O) groups is 1. The Labute approximate surface area is 93.3 Å². The third kappa shape index (κ3) is 2.39. The Morgan fingerprint density at radius 2 is 2.25 bits per heavy atom. The van der Waals surface area contributed by atoms with Crippen molar-refractivity contribution < 1.29 is 14.3 Å². The van der Waals surface area contributed by atoms with E-state index in [0.29, 0.717) is 12.0 Å². The molecule has 0 bridgehead atoms. The van der Waals surface area contributed by atoms with Crippen molar-refractivity contribution in [1.82, 2.24) is 5.32 Å². The summed E-state index contributed by atoms with van der Waals surface area (Å²) < 4.78 is 12.9. The van der Waals surface area contributed by atoms with E-state index in [1.807, 2.05) is 0 Å². The topological polar surface area (TPSA) is 49.3 Å². The van der Waals surface area contributed by atoms with E-state index in [4.69, 9.17) is 0 Å². The zero-order valence-electron chi connectivity index (χ0n) is 8.82. The molecule has 2 N–H and O–H groups in total. The van der Waals surface area contributed by atoms with Crippen molar-refractivity contribution in [1.29, 1.82) is 0 Å². The second-order valence-electron chi connectivity index (χ2n) is 4.09. The number of halogens is 1. The number of hydrogen-bond acceptors (Lipinski definition) is 2. The summed E-state index contributed by atoms with van der Waals surface area (Å²) in [6.07, 6.45) is 1.93. The Balaban J connectivity index is 2.03. The van der Waals surface area contributed by atoms with Crippen LogP contribution in [0.4, 0.5) is 4.39 Å². The summed E-state index contributed by atoms with van der Waals surface area (Å²) in [4.78, 5) is 11.7. The fraction of sp³-hybridized carbons (Fsp3) is 0.417. The molecular weight excluding hydrogens is 209 g/mol. The molecule has 0 heterocycles. The molecular formula is C12H14FNO2. The van der Waals surface area contributed by atoms with Gasteiger partial charge in [0, 0.05) is 5.56 Å². The highest BCUT2D eigenvalue weighted by Gasteiger charge is 2.26. The quantitative estimate of drug-likeness (QED) is 0.797. The van der Waals surface area contributed by atoms with E-state index in [-0.39, 0.29) is 11.9 Å². The second kappa shape index (κ2) is 4.61. The summed E-state index contributed by atoms with van der Waals surface area (Å²) in [5, 5.41) is 12.3. The van der Waals surface area contributed by atoms with E-state index in [0.717, 1.165) is 12.8 Å². The molecule has 1 aliphatic carbocycles. The van der Waals surface area contributed by atoms with Crippen molar-refractivity contribution in [2.75, 3.05) is 0 Å². The number of rotatable bonds is 2. The van der Waals surface area contributed by atoms with E-state index in [1.54, 1.807) is 6.07 Å². The number of carbonyl (C=O) groups excluding carboxylic acids is 1. The van der Waals surface area contributed by atoms with Crippen LogP contribution < -0.4 is 5.32 Å². The SMILES string of the molecule is O=C(N[C@H]1CCC[C@H]1O)c1cccc(F)c1. The van der Waals surface area contributed by atoms with Crippen LogP contribution >= 0.6 is 0 Å². The van der Waals surface area contributed by atoms with Crippen LogP contribution in [0.5, 0.6) is 0 Å². The summed E-state index contributed by atoms with van der Waals surface area (Å²) in [7, 11) is 0. The third-order valence-electron chi connectivity index (χ3n) is 2.88. The van der Waals surface area contributed by atoms with E-state index in [1.165, 1.54) is 18.2 Å². The van der Waals surface area contributed by atoms with Crippen LogP contribution in [0.1, 0.15) is 29.6 Å². The van der Waals surface area contributed by atoms with E-state index in [2.05, 4.69) is 5.32 Å². The molecule has 1 amide bonds. The van der Waals surface area contributed by atoms with Gasteiger partial charge >= 0.3 is 0 Å². The summed E-state index contributed by atoms with van der Waals surface area (Å²) >= 11 is 0. The molecule has 2 rings (SSSR count). The number of aliphatic hydroxyl groups excluding tert-OH is 1. The molecule has 0 unspecified atom stereocenters. The lowest BCUT2D eigenvalue weighted by Crippen LogP contribution is -2.39. The first-order valence-electron chi connectivity index (χ1n) is 5.41. The maximum Gasteiger partial charge on any atom is 0.251 e. The minimum atomic E-state index is -0.475. The van der Waals surface area contributed by atoms with Gasteiger partial charge in [-0.25, -0.2) is 4.39 Å². The zero-order chi connectivity index (χ0) is 11.5. The number of nitrogens with one attached hydrogen (secondary N) is 1. The molecule has 3 nitrogen and oxygen atoms in total. The van der Waals surface area contributed by atoms with Gasteiger partial charge in [0.1, 0.15) is 5.82 Å². The van der Waals surface area contributed by atoms with Gasteiger partial charge in [0.15, 0.2) is 0 Å². The van der Waals surface area contributed by atoms with Crippen LogP contribution in [-0.2, 0) is 0 Å². The number of benzene rings is 1. The Bertz CT molecular complexity index is 394. The summed E-state index contributed by atoms with van der Waals surface area (Å²) in [5.41, 5.74) is 0.291. The Morgan fingerprint density at radius 3 is 2.88 bits per heavy atom. The fourth-order valence-corrected chi connectivity index (χ4v) is 1.99. The molecule has 2 atom stereocenters. The molecule has 1 aliphatic rings. The molecule has 0 radical (unpaired) electrons. The Kier molecular flexibility index (Phi) is 3.19. The van der Waals surface area contributed by atoms with Gasteiger partial charge in [-0.15, -0.1) is 0 Å². The molecule has 0 saturated heterocycles. The van der Waals surface area contributed by atoms with Crippen LogP contribution in [0.15, 0.2) is 24.3 Å². The van der Waals surface area contributed by atoms with Crippen LogP contribution in [0.3, 0.4) is 0 Å². The minimum Gasteiger partial charge on any atom is -0.391 e. The predicted octanol–water partition coefficient (Wildman–Crippen LogP) is 1.47. The first-order valence-corrected chi connectivity index (χ1v) is 5.41. The lowest BCUT2D eigenvalue weighted by molar-refractivity contribution is 0.0873. The zero-order valence-corrected chi connectivity index (χ0v) is 8.82. The van der Waals surface area contributed by atoms with Gasteiger partial charge in [0.2, 0.25) is 0 Å². The van der Waals surface area contributed by atoms with E-state index < -0.39 is 11.9 Å². The Morgan fingerprint density at radius 1 is 1.44 bits per heavy atom. The van der Waals surface area contributed by atoms with Crippen LogP contribution in [-0.4, -0.2) is 23.2 Å². The lowest BCUT2D eigenvalue weighted by atomic mass is 10.1. The summed E-state index contributed by atoms with van der Waals surface area (Å²) in [6.45, 7) is 0. The summed E-state index contributed by atoms with van der Waals surface area (Å²) in [5.74, 6) is -0.759. The van der Waals surface area contributed by atoms with Crippen molar-refractivity contribution in [2.24, 2.45) is 0 Å². The van der Waals surface area contributed by atoms with Gasteiger partial charge < -0.3 is 10.4 Å². The van der Waals surface area contributed by atoms with Crippen LogP contribution in [0.2, 0.25) is 0 Å². The largest absolute Gasteiger partial charge is 0.391 e. The minimum absolute atomic E-state index is 0.198. The van der Waals surface area contributed by atoms with Crippen molar-refractivity contribution >= 4 is 5.91 Å². The first kappa shape index (κ1) is 11.1. The molecule has 1 aromatic rings. The van der Waals surface area contributed by atoms with Crippen molar-refractivity contribution in [3.05, 3.63) is 35.6 Å². The van der Waals surface area contributed by atoms with Crippen LogP contribution in [0.25, 0.3) is 0 Å². The van der Waals surface area contributed by atoms with E-state index >= 15 is 0 Å². The smallest absolute Gasteiger partial charge is 0.251 e. The van der Waals surface area contributed by atoms with Gasteiger partial charge in [-0.05, 0) is 37.5 Å². The fourth-order valence-electron chi connectivity index (χ4n) is 1.99. The molecule has 1 aromatic carbocycles. The molecule has 16 heavy (non-hydrogen) atoms. The normalized spacial score (nSPS) is 24.4.